The molecule has 0 fully saturated rings. The lowest BCUT2D eigenvalue weighted by Crippen LogP contribution is -2.27. The number of hydrogen-bond donors (Lipinski definition) is 2. The van der Waals surface area contributed by atoms with Crippen LogP contribution in [0.3, 0.4) is 0 Å². The molecule has 0 aliphatic rings. The first kappa shape index (κ1) is 10.1. The zero-order chi connectivity index (χ0) is 10.8. The molecular formula is C11H16N4. The van der Waals surface area contributed by atoms with Gasteiger partial charge in [0, 0.05) is 12.6 Å². The number of aromatic nitrogens is 2. The summed E-state index contributed by atoms with van der Waals surface area (Å²) in [6.07, 6.45) is 1.71. The molecule has 1 aromatic heterocycles. The maximum atomic E-state index is 5.76. The highest BCUT2D eigenvalue weighted by atomic mass is 15.1. The molecule has 4 nitrogen and oxygen atoms in total. The van der Waals surface area contributed by atoms with Gasteiger partial charge in [-0.05, 0) is 31.8 Å². The second-order valence-electron chi connectivity index (χ2n) is 3.89. The van der Waals surface area contributed by atoms with Crippen LogP contribution in [-0.2, 0) is 0 Å². The third-order valence-corrected chi connectivity index (χ3v) is 2.68. The number of imidazole rings is 1. The molecule has 0 aliphatic carbocycles. The van der Waals surface area contributed by atoms with Gasteiger partial charge in [0.2, 0.25) is 0 Å². The molecule has 3 N–H and O–H groups in total. The van der Waals surface area contributed by atoms with Crippen LogP contribution >= 0.6 is 0 Å². The normalized spacial score (nSPS) is 13.6. The monoisotopic (exact) mass is 204 g/mol. The molecule has 4 heteroatoms. The van der Waals surface area contributed by atoms with E-state index in [0.29, 0.717) is 6.54 Å². The van der Waals surface area contributed by atoms with Gasteiger partial charge in [-0.1, -0.05) is 6.07 Å². The van der Waals surface area contributed by atoms with Gasteiger partial charge in [0.25, 0.3) is 0 Å². The first-order chi connectivity index (χ1) is 7.22. The van der Waals surface area contributed by atoms with Gasteiger partial charge in [0.05, 0.1) is 17.4 Å². The Balaban J connectivity index is 2.41. The van der Waals surface area contributed by atoms with E-state index in [2.05, 4.69) is 27.0 Å². The summed E-state index contributed by atoms with van der Waals surface area (Å²) in [4.78, 5) is 9.42. The van der Waals surface area contributed by atoms with Crippen molar-refractivity contribution in [2.75, 3.05) is 20.6 Å². The van der Waals surface area contributed by atoms with Crippen molar-refractivity contribution >= 4 is 11.0 Å². The highest BCUT2D eigenvalue weighted by Crippen LogP contribution is 2.20. The summed E-state index contributed by atoms with van der Waals surface area (Å²) in [7, 11) is 4.07. The topological polar surface area (TPSA) is 57.9 Å². The summed E-state index contributed by atoms with van der Waals surface area (Å²) < 4.78 is 0. The number of nitrogens with one attached hydrogen (secondary N) is 1. The van der Waals surface area contributed by atoms with Crippen LogP contribution in [0, 0.1) is 0 Å². The van der Waals surface area contributed by atoms with Crippen molar-refractivity contribution in [2.24, 2.45) is 5.73 Å². The van der Waals surface area contributed by atoms with Gasteiger partial charge in [-0.25, -0.2) is 4.98 Å². The van der Waals surface area contributed by atoms with Crippen molar-refractivity contribution in [1.82, 2.24) is 14.9 Å². The van der Waals surface area contributed by atoms with E-state index in [1.165, 1.54) is 5.56 Å². The summed E-state index contributed by atoms with van der Waals surface area (Å²) in [5.74, 6) is 0. The molecule has 0 bridgehead atoms. The fourth-order valence-corrected chi connectivity index (χ4v) is 1.81. The van der Waals surface area contributed by atoms with Crippen molar-refractivity contribution < 1.29 is 0 Å². The van der Waals surface area contributed by atoms with E-state index in [4.69, 9.17) is 5.73 Å². The molecule has 2 rings (SSSR count). The summed E-state index contributed by atoms with van der Waals surface area (Å²) in [6, 6.07) is 6.48. The number of benzene rings is 1. The lowest BCUT2D eigenvalue weighted by atomic mass is 10.1. The minimum Gasteiger partial charge on any atom is -0.345 e. The number of aromatic amines is 1. The first-order valence-electron chi connectivity index (χ1n) is 5.02. The smallest absolute Gasteiger partial charge is 0.0931 e. The van der Waals surface area contributed by atoms with Gasteiger partial charge in [0.1, 0.15) is 0 Å². The predicted molar refractivity (Wildman–Crippen MR) is 61.6 cm³/mol. The minimum atomic E-state index is 0.262. The third-order valence-electron chi connectivity index (χ3n) is 2.68. The van der Waals surface area contributed by atoms with Gasteiger partial charge in [-0.15, -0.1) is 0 Å². The van der Waals surface area contributed by atoms with Crippen LogP contribution in [0.15, 0.2) is 24.5 Å². The van der Waals surface area contributed by atoms with Crippen LogP contribution in [0.2, 0.25) is 0 Å². The highest BCUT2D eigenvalue weighted by Gasteiger charge is 2.12. The summed E-state index contributed by atoms with van der Waals surface area (Å²) in [5.41, 5.74) is 9.04. The van der Waals surface area contributed by atoms with Crippen LogP contribution in [0.1, 0.15) is 11.6 Å². The van der Waals surface area contributed by atoms with Gasteiger partial charge < -0.3 is 15.6 Å². The number of nitrogens with two attached hydrogens (primary N) is 1. The molecule has 0 radical (unpaired) electrons. The Labute approximate surface area is 89.1 Å². The maximum Gasteiger partial charge on any atom is 0.0931 e. The molecule has 1 aromatic carbocycles. The Bertz CT molecular complexity index is 447. The van der Waals surface area contributed by atoms with Crippen molar-refractivity contribution in [3.63, 3.8) is 0 Å². The van der Waals surface area contributed by atoms with Crippen molar-refractivity contribution in [2.45, 2.75) is 6.04 Å². The molecule has 1 unspecified atom stereocenters. The minimum absolute atomic E-state index is 0.262. The van der Waals surface area contributed by atoms with Crippen LogP contribution < -0.4 is 5.73 Å². The zero-order valence-electron chi connectivity index (χ0n) is 9.07. The summed E-state index contributed by atoms with van der Waals surface area (Å²) >= 11 is 0. The van der Waals surface area contributed by atoms with Gasteiger partial charge in [0.15, 0.2) is 0 Å². The van der Waals surface area contributed by atoms with Crippen LogP contribution in [-0.4, -0.2) is 35.5 Å². The molecule has 2 aromatic rings. The number of hydrogen-bond acceptors (Lipinski definition) is 3. The Hall–Kier alpha value is -1.39. The van der Waals surface area contributed by atoms with Crippen molar-refractivity contribution in [3.05, 3.63) is 30.1 Å². The van der Waals surface area contributed by atoms with E-state index in [-0.39, 0.29) is 6.04 Å². The molecule has 0 spiro atoms. The number of H-pyrrole nitrogens is 1. The molecule has 80 valence electrons. The van der Waals surface area contributed by atoms with E-state index in [1.807, 2.05) is 20.2 Å². The highest BCUT2D eigenvalue weighted by molar-refractivity contribution is 5.75. The molecule has 0 amide bonds. The number of fused-ring (bicyclic) bond motifs is 1. The SMILES string of the molecule is CN(C)C(CN)c1ccc2nc[nH]c2c1. The number of likely N-dealkylation sites (N-methyl/N-ethyl adjacent to an activating group) is 1. The van der Waals surface area contributed by atoms with Crippen molar-refractivity contribution in [1.29, 1.82) is 0 Å². The molecular weight excluding hydrogens is 188 g/mol. The largest absolute Gasteiger partial charge is 0.345 e. The molecule has 0 saturated carbocycles. The molecule has 0 saturated heterocycles. The van der Waals surface area contributed by atoms with Gasteiger partial charge in [-0.2, -0.15) is 0 Å². The predicted octanol–water partition coefficient (Wildman–Crippen LogP) is 1.12. The molecule has 1 atom stereocenters. The maximum absolute atomic E-state index is 5.76. The fraction of sp³-hybridized carbons (Fsp3) is 0.364. The Kier molecular flexibility index (Phi) is 2.70. The van der Waals surface area contributed by atoms with E-state index in [1.54, 1.807) is 6.33 Å². The van der Waals surface area contributed by atoms with E-state index >= 15 is 0 Å². The van der Waals surface area contributed by atoms with Crippen LogP contribution in [0.5, 0.6) is 0 Å². The Morgan fingerprint density at radius 2 is 2.27 bits per heavy atom. The van der Waals surface area contributed by atoms with E-state index < -0.39 is 0 Å². The Morgan fingerprint density at radius 3 is 2.93 bits per heavy atom. The van der Waals surface area contributed by atoms with Gasteiger partial charge in [-0.3, -0.25) is 0 Å². The average molecular weight is 204 g/mol. The molecule has 1 heterocycles. The first-order valence-corrected chi connectivity index (χ1v) is 5.02. The van der Waals surface area contributed by atoms with Crippen molar-refractivity contribution in [3.8, 4) is 0 Å². The second-order valence-corrected chi connectivity index (χ2v) is 3.89. The van der Waals surface area contributed by atoms with E-state index in [9.17, 15) is 0 Å². The van der Waals surface area contributed by atoms with E-state index in [0.717, 1.165) is 11.0 Å². The third kappa shape index (κ3) is 1.86. The molecule has 15 heavy (non-hydrogen) atoms. The summed E-state index contributed by atoms with van der Waals surface area (Å²) in [5, 5.41) is 0. The average Bonchev–Trinajstić information content (AvgIpc) is 2.65. The zero-order valence-corrected chi connectivity index (χ0v) is 9.07. The Morgan fingerprint density at radius 1 is 1.47 bits per heavy atom. The second kappa shape index (κ2) is 4.00. The number of rotatable bonds is 3. The fourth-order valence-electron chi connectivity index (χ4n) is 1.81. The number of nitrogens with zero attached hydrogens (tertiary/aromatic N) is 2. The lowest BCUT2D eigenvalue weighted by Gasteiger charge is -2.22. The van der Waals surface area contributed by atoms with Crippen LogP contribution in [0.25, 0.3) is 11.0 Å². The van der Waals surface area contributed by atoms with Gasteiger partial charge >= 0.3 is 0 Å². The van der Waals surface area contributed by atoms with Crippen LogP contribution in [0.4, 0.5) is 0 Å². The quantitative estimate of drug-likeness (QED) is 0.787. The molecule has 0 aliphatic heterocycles. The standard InChI is InChI=1S/C11H16N4/c1-15(2)11(6-12)8-3-4-9-10(5-8)14-7-13-9/h3-5,7,11H,6,12H2,1-2H3,(H,13,14). The lowest BCUT2D eigenvalue weighted by molar-refractivity contribution is 0.306. The summed E-state index contributed by atoms with van der Waals surface area (Å²) in [6.45, 7) is 0.618.